The van der Waals surface area contributed by atoms with Gasteiger partial charge in [-0.3, -0.25) is 4.90 Å². The Hall–Kier alpha value is -1.23. The molecule has 0 radical (unpaired) electrons. The van der Waals surface area contributed by atoms with E-state index in [0.717, 1.165) is 84.3 Å². The Morgan fingerprint density at radius 3 is 2.19 bits per heavy atom. The molecule has 0 aromatic heterocycles. The van der Waals surface area contributed by atoms with Gasteiger partial charge in [0.05, 0.1) is 6.07 Å². The van der Waals surface area contributed by atoms with Crippen LogP contribution in [0.5, 0.6) is 0 Å². The van der Waals surface area contributed by atoms with Gasteiger partial charge in [-0.15, -0.1) is 6.58 Å². The third kappa shape index (κ3) is 12.7. The predicted octanol–water partition coefficient (Wildman–Crippen LogP) is 2.62. The normalized spacial score (nSPS) is 20.2. The molecule has 2 heterocycles. The molecule has 32 heavy (non-hydrogen) atoms. The first-order valence-corrected chi connectivity index (χ1v) is 13.1. The summed E-state index contributed by atoms with van der Waals surface area (Å²) in [7, 11) is 0. The first-order chi connectivity index (χ1) is 15.8. The number of rotatable bonds is 17. The first-order valence-electron chi connectivity index (χ1n) is 13.1. The average molecular weight is 445 g/mol. The van der Waals surface area contributed by atoms with Gasteiger partial charge in [0.25, 0.3) is 0 Å². The van der Waals surface area contributed by atoms with E-state index in [-0.39, 0.29) is 5.92 Å². The molecule has 3 N–H and O–H groups in total. The van der Waals surface area contributed by atoms with Crippen molar-refractivity contribution in [1.82, 2.24) is 25.8 Å². The van der Waals surface area contributed by atoms with E-state index >= 15 is 0 Å². The van der Waals surface area contributed by atoms with Crippen LogP contribution in [0.4, 0.5) is 0 Å². The second-order valence-electron chi connectivity index (χ2n) is 9.32. The minimum atomic E-state index is 0.171. The summed E-state index contributed by atoms with van der Waals surface area (Å²) in [4.78, 5) is 5.06. The highest BCUT2D eigenvalue weighted by Gasteiger charge is 2.14. The lowest BCUT2D eigenvalue weighted by molar-refractivity contribution is 0.234. The van der Waals surface area contributed by atoms with Gasteiger partial charge < -0.3 is 20.9 Å². The Kier molecular flexibility index (Phi) is 15.4. The predicted molar refractivity (Wildman–Crippen MR) is 136 cm³/mol. The van der Waals surface area contributed by atoms with Crippen molar-refractivity contribution >= 4 is 0 Å². The summed E-state index contributed by atoms with van der Waals surface area (Å²) in [6, 6.07) is 2.55. The van der Waals surface area contributed by atoms with Crippen LogP contribution >= 0.6 is 0 Å². The molecule has 6 heteroatoms. The van der Waals surface area contributed by atoms with E-state index in [1.165, 1.54) is 39.1 Å². The van der Waals surface area contributed by atoms with Crippen LogP contribution in [0.15, 0.2) is 24.8 Å². The van der Waals surface area contributed by atoms with Crippen LogP contribution in [0.1, 0.15) is 44.9 Å². The Balaban J connectivity index is 1.46. The summed E-state index contributed by atoms with van der Waals surface area (Å²) in [6.07, 6.45) is 14.3. The molecule has 2 aliphatic rings. The van der Waals surface area contributed by atoms with E-state index in [2.05, 4.69) is 56.6 Å². The molecule has 0 bridgehead atoms. The highest BCUT2D eigenvalue weighted by atomic mass is 15.2. The molecule has 0 saturated carbocycles. The zero-order valence-corrected chi connectivity index (χ0v) is 20.4. The quantitative estimate of drug-likeness (QED) is 0.237. The van der Waals surface area contributed by atoms with Crippen LogP contribution < -0.4 is 16.0 Å². The molecule has 0 aromatic rings. The van der Waals surface area contributed by atoms with Gasteiger partial charge in [-0.05, 0) is 57.5 Å². The number of piperazine rings is 2. The number of nitrogens with zero attached hydrogens (tertiary/aromatic N) is 3. The van der Waals surface area contributed by atoms with E-state index < -0.39 is 0 Å². The number of hydrogen-bond donors (Lipinski definition) is 3. The maximum Gasteiger partial charge on any atom is 0.0656 e. The fraction of sp³-hybridized carbons (Fsp3) is 0.808. The van der Waals surface area contributed by atoms with E-state index in [1.807, 2.05) is 0 Å². The van der Waals surface area contributed by atoms with Gasteiger partial charge in [0, 0.05) is 71.4 Å². The van der Waals surface area contributed by atoms with Gasteiger partial charge in [-0.25, -0.2) is 0 Å². The summed E-state index contributed by atoms with van der Waals surface area (Å²) in [6.45, 7) is 17.7. The summed E-state index contributed by atoms with van der Waals surface area (Å²) >= 11 is 0. The minimum absolute atomic E-state index is 0.171. The average Bonchev–Trinajstić information content (AvgIpc) is 2.85. The number of hydrogen-bond acceptors (Lipinski definition) is 6. The second-order valence-corrected chi connectivity index (χ2v) is 9.32. The molecule has 2 rings (SSSR count). The van der Waals surface area contributed by atoms with Crippen molar-refractivity contribution in [1.29, 1.82) is 5.26 Å². The van der Waals surface area contributed by atoms with Gasteiger partial charge in [0.15, 0.2) is 0 Å². The van der Waals surface area contributed by atoms with Crippen LogP contribution in [0.3, 0.4) is 0 Å². The van der Waals surface area contributed by atoms with Gasteiger partial charge >= 0.3 is 0 Å². The summed E-state index contributed by atoms with van der Waals surface area (Å²) in [5, 5.41) is 19.9. The summed E-state index contributed by atoms with van der Waals surface area (Å²) in [5.41, 5.74) is 0. The van der Waals surface area contributed by atoms with Crippen molar-refractivity contribution < 1.29 is 0 Å². The molecule has 182 valence electrons. The monoisotopic (exact) mass is 444 g/mol. The molecule has 2 unspecified atom stereocenters. The van der Waals surface area contributed by atoms with Crippen molar-refractivity contribution in [2.24, 2.45) is 11.8 Å². The molecule has 6 nitrogen and oxygen atoms in total. The number of nitrogens with one attached hydrogen (secondary N) is 3. The Morgan fingerprint density at radius 2 is 1.53 bits per heavy atom. The zero-order chi connectivity index (χ0) is 22.7. The van der Waals surface area contributed by atoms with Crippen LogP contribution in [0, 0.1) is 23.2 Å². The molecule has 0 aromatic carbocycles. The van der Waals surface area contributed by atoms with E-state index in [1.54, 1.807) is 0 Å². The van der Waals surface area contributed by atoms with E-state index in [0.29, 0.717) is 5.92 Å². The van der Waals surface area contributed by atoms with Crippen molar-refractivity contribution in [2.45, 2.75) is 44.9 Å². The van der Waals surface area contributed by atoms with Gasteiger partial charge in [-0.2, -0.15) is 5.26 Å². The maximum absolute atomic E-state index is 9.58. The van der Waals surface area contributed by atoms with Gasteiger partial charge in [0.1, 0.15) is 0 Å². The van der Waals surface area contributed by atoms with Crippen LogP contribution in [0.25, 0.3) is 0 Å². The van der Waals surface area contributed by atoms with Crippen LogP contribution in [0.2, 0.25) is 0 Å². The molecule has 0 amide bonds. The standard InChI is InChI=1S/C26H48N6/c1-2-25(23-26(24-27)10-6-8-17-31-18-13-29-14-19-31)9-5-3-4-7-11-28-12-20-32-21-15-30-16-22-32/h2-4,25-26,28-30H,1,5-23H2/b4-3+. The number of nitriles is 1. The van der Waals surface area contributed by atoms with E-state index in [9.17, 15) is 5.26 Å². The van der Waals surface area contributed by atoms with Crippen molar-refractivity contribution in [3.63, 3.8) is 0 Å². The SMILES string of the molecule is C=CC(CC/C=C/CCNCCN1CCNCC1)CC(C#N)CCCCN1CCNCC1. The number of allylic oxidation sites excluding steroid dienone is 2. The minimum Gasteiger partial charge on any atom is -0.315 e. The first kappa shape index (κ1) is 27.0. The lowest BCUT2D eigenvalue weighted by atomic mass is 9.88. The second kappa shape index (κ2) is 18.2. The number of unbranched alkanes of at least 4 members (excludes halogenated alkanes) is 1. The highest BCUT2D eigenvalue weighted by Crippen LogP contribution is 2.22. The van der Waals surface area contributed by atoms with Crippen molar-refractivity contribution in [3.05, 3.63) is 24.8 Å². The van der Waals surface area contributed by atoms with E-state index in [4.69, 9.17) is 0 Å². The zero-order valence-electron chi connectivity index (χ0n) is 20.4. The molecule has 2 aliphatic heterocycles. The summed E-state index contributed by atoms with van der Waals surface area (Å²) in [5.74, 6) is 0.625. The van der Waals surface area contributed by atoms with Crippen LogP contribution in [-0.2, 0) is 0 Å². The molecular formula is C26H48N6. The molecule has 2 saturated heterocycles. The smallest absolute Gasteiger partial charge is 0.0656 e. The third-order valence-electron chi connectivity index (χ3n) is 6.76. The Bertz CT molecular complexity index is 531. The van der Waals surface area contributed by atoms with Crippen molar-refractivity contribution in [2.75, 3.05) is 78.5 Å². The third-order valence-corrected chi connectivity index (χ3v) is 6.76. The molecule has 2 fully saturated rings. The Morgan fingerprint density at radius 1 is 0.875 bits per heavy atom. The lowest BCUT2D eigenvalue weighted by Gasteiger charge is -2.27. The van der Waals surface area contributed by atoms with Crippen molar-refractivity contribution in [3.8, 4) is 6.07 Å². The molecule has 0 aliphatic carbocycles. The van der Waals surface area contributed by atoms with Gasteiger partial charge in [0.2, 0.25) is 0 Å². The molecule has 2 atom stereocenters. The maximum atomic E-state index is 9.58. The fourth-order valence-electron chi connectivity index (χ4n) is 4.62. The Labute approximate surface area is 197 Å². The largest absolute Gasteiger partial charge is 0.315 e. The van der Waals surface area contributed by atoms with Gasteiger partial charge in [-0.1, -0.05) is 24.6 Å². The lowest BCUT2D eigenvalue weighted by Crippen LogP contribution is -2.45. The fourth-order valence-corrected chi connectivity index (χ4v) is 4.62. The highest BCUT2D eigenvalue weighted by molar-refractivity contribution is 4.91. The molecular weight excluding hydrogens is 396 g/mol. The molecule has 0 spiro atoms. The van der Waals surface area contributed by atoms with Crippen LogP contribution in [-0.4, -0.2) is 88.3 Å². The summed E-state index contributed by atoms with van der Waals surface area (Å²) < 4.78 is 0. The topological polar surface area (TPSA) is 66.4 Å².